The molecule has 1 aromatic heterocycles. The zero-order chi connectivity index (χ0) is 19.5. The molecule has 0 saturated carbocycles. The second-order valence-electron chi connectivity index (χ2n) is 5.76. The number of H-pyrrole nitrogens is 1. The summed E-state index contributed by atoms with van der Waals surface area (Å²) < 4.78 is 34.6. The second-order valence-corrected chi connectivity index (χ2v) is 7.74. The van der Waals surface area contributed by atoms with Gasteiger partial charge in [0.2, 0.25) is 11.7 Å². The van der Waals surface area contributed by atoms with Gasteiger partial charge in [-0.1, -0.05) is 6.92 Å². The molecule has 0 aliphatic heterocycles. The van der Waals surface area contributed by atoms with Crippen molar-refractivity contribution in [2.24, 2.45) is 0 Å². The van der Waals surface area contributed by atoms with Crippen molar-refractivity contribution in [3.63, 3.8) is 0 Å². The van der Waals surface area contributed by atoms with Gasteiger partial charge in [0.25, 0.3) is 0 Å². The summed E-state index contributed by atoms with van der Waals surface area (Å²) in [5.41, 5.74) is 1.11. The Morgan fingerprint density at radius 1 is 1.31 bits per heavy atom. The predicted molar refractivity (Wildman–Crippen MR) is 94.7 cm³/mol. The van der Waals surface area contributed by atoms with E-state index in [9.17, 15) is 18.3 Å². The van der Waals surface area contributed by atoms with Gasteiger partial charge < -0.3 is 14.6 Å². The van der Waals surface area contributed by atoms with E-state index in [1.807, 2.05) is 6.92 Å². The molecule has 0 aliphatic carbocycles. The number of aryl methyl sites for hydroxylation is 1. The molecule has 0 radical (unpaired) electrons. The molecule has 8 nitrogen and oxygen atoms in total. The van der Waals surface area contributed by atoms with Gasteiger partial charge in [-0.25, -0.2) is 13.5 Å². The van der Waals surface area contributed by atoms with Crippen molar-refractivity contribution in [3.8, 4) is 11.6 Å². The van der Waals surface area contributed by atoms with Gasteiger partial charge in [0.15, 0.2) is 9.84 Å². The molecule has 9 heteroatoms. The molecule has 0 fully saturated rings. The van der Waals surface area contributed by atoms with Crippen LogP contribution in [0.2, 0.25) is 0 Å². The Bertz CT molecular complexity index is 918. The van der Waals surface area contributed by atoms with Crippen LogP contribution < -0.4 is 4.74 Å². The maximum atomic E-state index is 12.9. The van der Waals surface area contributed by atoms with E-state index in [0.29, 0.717) is 17.7 Å². The molecule has 0 atom stereocenters. The number of sulfone groups is 1. The number of hydrogen-bond acceptors (Lipinski definition) is 7. The molecule has 142 valence electrons. The number of aromatic amines is 1. The number of carbonyl (C=O) groups excluding carboxylic acids is 1. The van der Waals surface area contributed by atoms with Crippen LogP contribution in [0.5, 0.6) is 11.6 Å². The maximum Gasteiger partial charge on any atom is 0.218 e. The normalized spacial score (nSPS) is 11.5. The van der Waals surface area contributed by atoms with Crippen LogP contribution in [-0.2, 0) is 21.0 Å². The highest BCUT2D eigenvalue weighted by atomic mass is 32.2. The fourth-order valence-corrected chi connectivity index (χ4v) is 3.47. The van der Waals surface area contributed by atoms with Crippen molar-refractivity contribution in [1.29, 1.82) is 0 Å². The number of aromatic nitrogens is 2. The zero-order valence-corrected chi connectivity index (χ0v) is 15.9. The Balaban J connectivity index is 2.58. The number of methoxy groups -OCH3 is 1. The van der Waals surface area contributed by atoms with E-state index < -0.39 is 15.6 Å². The number of nitrogens with zero attached hydrogens (tertiary/aromatic N) is 1. The van der Waals surface area contributed by atoms with Crippen LogP contribution in [0.15, 0.2) is 17.0 Å². The lowest BCUT2D eigenvalue weighted by atomic mass is 9.97. The van der Waals surface area contributed by atoms with Gasteiger partial charge in [-0.15, -0.1) is 0 Å². The smallest absolute Gasteiger partial charge is 0.218 e. The summed E-state index contributed by atoms with van der Waals surface area (Å²) in [6.45, 7) is 3.82. The van der Waals surface area contributed by atoms with Gasteiger partial charge >= 0.3 is 0 Å². The minimum absolute atomic E-state index is 0.00483. The third-order valence-corrected chi connectivity index (χ3v) is 5.05. The third kappa shape index (κ3) is 3.88. The molecule has 1 aromatic carbocycles. The monoisotopic (exact) mass is 382 g/mol. The summed E-state index contributed by atoms with van der Waals surface area (Å²) in [7, 11) is -2.05. The molecule has 0 unspecified atom stereocenters. The van der Waals surface area contributed by atoms with Gasteiger partial charge in [-0.05, 0) is 25.5 Å². The van der Waals surface area contributed by atoms with Crippen LogP contribution in [0.1, 0.15) is 34.1 Å². The van der Waals surface area contributed by atoms with Crippen molar-refractivity contribution < 1.29 is 27.8 Å². The number of ether oxygens (including phenoxy) is 2. The molecule has 0 spiro atoms. The zero-order valence-electron chi connectivity index (χ0n) is 15.1. The SMILES string of the molecule is CCc1n[nH]c(O)c1C(=O)c1ccc(S(C)(=O)=O)c(OCCOC)c1C. The first-order chi connectivity index (χ1) is 12.2. The highest BCUT2D eigenvalue weighted by Crippen LogP contribution is 2.33. The van der Waals surface area contributed by atoms with Crippen LogP contribution in [0, 0.1) is 6.92 Å². The number of nitrogens with one attached hydrogen (secondary N) is 1. The molecule has 2 N–H and O–H groups in total. The number of benzene rings is 1. The minimum Gasteiger partial charge on any atom is -0.493 e. The summed E-state index contributed by atoms with van der Waals surface area (Å²) in [4.78, 5) is 12.9. The first-order valence-corrected chi connectivity index (χ1v) is 9.87. The Morgan fingerprint density at radius 2 is 2.00 bits per heavy atom. The fraction of sp³-hybridized carbons (Fsp3) is 0.412. The van der Waals surface area contributed by atoms with Gasteiger partial charge in [0.05, 0.1) is 12.3 Å². The number of rotatable bonds is 8. The molecule has 0 aliphatic rings. The fourth-order valence-electron chi connectivity index (χ4n) is 2.61. The summed E-state index contributed by atoms with van der Waals surface area (Å²) in [5, 5.41) is 16.2. The standard InChI is InChI=1S/C17H22N2O6S/c1-5-12-14(17(21)19-18-12)15(20)11-6-7-13(26(4,22)23)16(10(11)2)25-9-8-24-3/h6-7H,5,8-9H2,1-4H3,(H2,18,19,21). The molecule has 0 saturated heterocycles. The van der Waals surface area contributed by atoms with Crippen molar-refractivity contribution in [3.05, 3.63) is 34.5 Å². The lowest BCUT2D eigenvalue weighted by Crippen LogP contribution is -2.13. The predicted octanol–water partition coefficient (Wildman–Crippen LogP) is 1.65. The Morgan fingerprint density at radius 3 is 2.58 bits per heavy atom. The average Bonchev–Trinajstić information content (AvgIpc) is 2.95. The molecular formula is C17H22N2O6S. The topological polar surface area (TPSA) is 119 Å². The van der Waals surface area contributed by atoms with E-state index in [-0.39, 0.29) is 40.9 Å². The molecule has 0 amide bonds. The molecule has 26 heavy (non-hydrogen) atoms. The van der Waals surface area contributed by atoms with Crippen LogP contribution in [0.25, 0.3) is 0 Å². The number of ketones is 1. The number of hydrogen-bond donors (Lipinski definition) is 2. The van der Waals surface area contributed by atoms with Crippen molar-refractivity contribution in [1.82, 2.24) is 10.2 Å². The van der Waals surface area contributed by atoms with Crippen molar-refractivity contribution in [2.75, 3.05) is 26.6 Å². The van der Waals surface area contributed by atoms with Crippen LogP contribution in [0.3, 0.4) is 0 Å². The summed E-state index contributed by atoms with van der Waals surface area (Å²) in [6.07, 6.45) is 1.53. The summed E-state index contributed by atoms with van der Waals surface area (Å²) in [5.74, 6) is -0.668. The van der Waals surface area contributed by atoms with E-state index in [2.05, 4.69) is 10.2 Å². The van der Waals surface area contributed by atoms with E-state index in [0.717, 1.165) is 6.26 Å². The molecule has 2 aromatic rings. The minimum atomic E-state index is -3.56. The van der Waals surface area contributed by atoms with E-state index in [1.54, 1.807) is 6.92 Å². The highest BCUT2D eigenvalue weighted by molar-refractivity contribution is 7.90. The first-order valence-electron chi connectivity index (χ1n) is 7.98. The van der Waals surface area contributed by atoms with Crippen molar-refractivity contribution >= 4 is 15.6 Å². The Kier molecular flexibility index (Phi) is 6.04. The van der Waals surface area contributed by atoms with E-state index >= 15 is 0 Å². The molecule has 0 bridgehead atoms. The van der Waals surface area contributed by atoms with Gasteiger partial charge in [0, 0.05) is 24.5 Å². The van der Waals surface area contributed by atoms with E-state index in [1.165, 1.54) is 19.2 Å². The van der Waals surface area contributed by atoms with Crippen LogP contribution in [-0.4, -0.2) is 56.1 Å². The number of aromatic hydroxyl groups is 1. The lowest BCUT2D eigenvalue weighted by molar-refractivity contribution is 0.103. The van der Waals surface area contributed by atoms with Gasteiger partial charge in [-0.3, -0.25) is 4.79 Å². The molecule has 2 rings (SSSR count). The molecule has 1 heterocycles. The maximum absolute atomic E-state index is 12.9. The third-order valence-electron chi connectivity index (χ3n) is 3.93. The van der Waals surface area contributed by atoms with Gasteiger partial charge in [-0.2, -0.15) is 5.10 Å². The lowest BCUT2D eigenvalue weighted by Gasteiger charge is -2.16. The largest absolute Gasteiger partial charge is 0.493 e. The van der Waals surface area contributed by atoms with Crippen LogP contribution >= 0.6 is 0 Å². The highest BCUT2D eigenvalue weighted by Gasteiger charge is 2.26. The Labute approximate surface area is 152 Å². The second kappa shape index (κ2) is 7.88. The quantitative estimate of drug-likeness (QED) is 0.526. The van der Waals surface area contributed by atoms with E-state index in [4.69, 9.17) is 9.47 Å². The first kappa shape index (κ1) is 19.9. The summed E-state index contributed by atoms with van der Waals surface area (Å²) in [6, 6.07) is 2.75. The summed E-state index contributed by atoms with van der Waals surface area (Å²) >= 11 is 0. The van der Waals surface area contributed by atoms with Crippen molar-refractivity contribution in [2.45, 2.75) is 25.2 Å². The average molecular weight is 382 g/mol. The Hall–Kier alpha value is -2.39. The number of carbonyl (C=O) groups is 1. The van der Waals surface area contributed by atoms with Crippen LogP contribution in [0.4, 0.5) is 0 Å². The van der Waals surface area contributed by atoms with Gasteiger partial charge in [0.1, 0.15) is 22.8 Å². The molecular weight excluding hydrogens is 360 g/mol.